The first kappa shape index (κ1) is 8.10. The summed E-state index contributed by atoms with van der Waals surface area (Å²) in [6.07, 6.45) is -1.77. The van der Waals surface area contributed by atoms with Gasteiger partial charge in [0, 0.05) is 5.56 Å². The molecule has 0 saturated carbocycles. The SMILES string of the molecule is CCc1[c][nH]nc1C(F)(F)F. The highest BCUT2D eigenvalue weighted by atomic mass is 19.4. The highest BCUT2D eigenvalue weighted by Gasteiger charge is 2.35. The van der Waals surface area contributed by atoms with Gasteiger partial charge in [0.25, 0.3) is 0 Å². The Labute approximate surface area is 61.4 Å². The summed E-state index contributed by atoms with van der Waals surface area (Å²) in [4.78, 5) is 0. The second-order valence-electron chi connectivity index (χ2n) is 2.03. The highest BCUT2D eigenvalue weighted by Crippen LogP contribution is 2.29. The number of aromatic amines is 1. The molecule has 1 aromatic heterocycles. The Morgan fingerprint density at radius 2 is 2.18 bits per heavy atom. The van der Waals surface area contributed by atoms with Crippen molar-refractivity contribution >= 4 is 0 Å². The van der Waals surface area contributed by atoms with Crippen molar-refractivity contribution in [2.75, 3.05) is 0 Å². The highest BCUT2D eigenvalue weighted by molar-refractivity contribution is 5.17. The van der Waals surface area contributed by atoms with E-state index in [9.17, 15) is 13.2 Å². The summed E-state index contributed by atoms with van der Waals surface area (Å²) in [5.41, 5.74) is -0.780. The molecule has 1 radical (unpaired) electrons. The van der Waals surface area contributed by atoms with Crippen LogP contribution in [0.25, 0.3) is 0 Å². The number of nitrogens with zero attached hydrogens (tertiary/aromatic N) is 1. The van der Waals surface area contributed by atoms with E-state index in [1.54, 1.807) is 6.92 Å². The van der Waals surface area contributed by atoms with E-state index in [-0.39, 0.29) is 12.0 Å². The lowest BCUT2D eigenvalue weighted by molar-refractivity contribution is -0.141. The van der Waals surface area contributed by atoms with E-state index in [0.717, 1.165) is 0 Å². The van der Waals surface area contributed by atoms with Gasteiger partial charge in [-0.05, 0) is 6.42 Å². The van der Waals surface area contributed by atoms with Crippen LogP contribution in [0.3, 0.4) is 0 Å². The molecule has 0 atom stereocenters. The molecule has 61 valence electrons. The normalized spacial score (nSPS) is 12.0. The number of rotatable bonds is 1. The molecular formula is C6H6F3N2. The van der Waals surface area contributed by atoms with E-state index in [1.807, 2.05) is 0 Å². The molecule has 0 unspecified atom stereocenters. The molecule has 0 saturated heterocycles. The zero-order chi connectivity index (χ0) is 8.48. The molecule has 0 aliphatic heterocycles. The van der Waals surface area contributed by atoms with Crippen LogP contribution in [-0.2, 0) is 12.6 Å². The van der Waals surface area contributed by atoms with Gasteiger partial charge in [0.15, 0.2) is 5.69 Å². The number of hydrogen-bond acceptors (Lipinski definition) is 1. The van der Waals surface area contributed by atoms with Crippen molar-refractivity contribution in [1.29, 1.82) is 0 Å². The molecule has 0 aromatic carbocycles. The minimum Gasteiger partial charge on any atom is -0.275 e. The summed E-state index contributed by atoms with van der Waals surface area (Å²) in [6, 6.07) is 0. The van der Waals surface area contributed by atoms with Crippen molar-refractivity contribution in [3.05, 3.63) is 17.5 Å². The molecule has 11 heavy (non-hydrogen) atoms. The lowest BCUT2D eigenvalue weighted by Crippen LogP contribution is -2.08. The number of alkyl halides is 3. The van der Waals surface area contributed by atoms with Crippen LogP contribution in [0, 0.1) is 6.20 Å². The second-order valence-corrected chi connectivity index (χ2v) is 2.03. The fourth-order valence-corrected chi connectivity index (χ4v) is 0.768. The van der Waals surface area contributed by atoms with Gasteiger partial charge in [0.1, 0.15) is 0 Å². The van der Waals surface area contributed by atoms with E-state index in [4.69, 9.17) is 0 Å². The van der Waals surface area contributed by atoms with Crippen LogP contribution in [0.15, 0.2) is 0 Å². The summed E-state index contributed by atoms with van der Waals surface area (Å²) in [5.74, 6) is 0. The Bertz CT molecular complexity index is 238. The van der Waals surface area contributed by atoms with Gasteiger partial charge < -0.3 is 0 Å². The fourth-order valence-electron chi connectivity index (χ4n) is 0.768. The Kier molecular flexibility index (Phi) is 1.89. The van der Waals surface area contributed by atoms with Gasteiger partial charge in [-0.3, -0.25) is 5.10 Å². The average molecular weight is 163 g/mol. The van der Waals surface area contributed by atoms with Crippen LogP contribution < -0.4 is 0 Å². The smallest absolute Gasteiger partial charge is 0.275 e. The molecule has 5 heteroatoms. The Morgan fingerprint density at radius 1 is 1.55 bits per heavy atom. The average Bonchev–Trinajstić information content (AvgIpc) is 2.31. The number of nitrogens with one attached hydrogen (secondary N) is 1. The Balaban J connectivity index is 3.02. The van der Waals surface area contributed by atoms with E-state index < -0.39 is 11.9 Å². The number of hydrogen-bond donors (Lipinski definition) is 1. The first-order valence-electron chi connectivity index (χ1n) is 3.07. The minimum absolute atomic E-state index is 0.0810. The standard InChI is InChI=1S/C6H6F3N2/c1-2-4-3-10-11-5(4)6(7,8)9/h2H2,1H3,(H,10,11). The van der Waals surface area contributed by atoms with Gasteiger partial charge in [-0.1, -0.05) is 6.92 Å². The molecule has 1 N–H and O–H groups in total. The summed E-state index contributed by atoms with van der Waals surface area (Å²) < 4.78 is 35.9. The molecule has 2 nitrogen and oxygen atoms in total. The van der Waals surface area contributed by atoms with Crippen molar-refractivity contribution < 1.29 is 13.2 Å². The molecule has 0 amide bonds. The Hall–Kier alpha value is -1.00. The molecule has 0 spiro atoms. The quantitative estimate of drug-likeness (QED) is 0.671. The van der Waals surface area contributed by atoms with Gasteiger partial charge in [0.2, 0.25) is 0 Å². The van der Waals surface area contributed by atoms with E-state index in [1.165, 1.54) is 0 Å². The van der Waals surface area contributed by atoms with E-state index >= 15 is 0 Å². The predicted octanol–water partition coefficient (Wildman–Crippen LogP) is 1.79. The van der Waals surface area contributed by atoms with Crippen LogP contribution >= 0.6 is 0 Å². The van der Waals surface area contributed by atoms with Gasteiger partial charge in [-0.25, -0.2) is 0 Å². The van der Waals surface area contributed by atoms with Crippen molar-refractivity contribution in [3.63, 3.8) is 0 Å². The monoisotopic (exact) mass is 163 g/mol. The maximum Gasteiger partial charge on any atom is 0.435 e. The van der Waals surface area contributed by atoms with Gasteiger partial charge in [0.05, 0.1) is 6.20 Å². The van der Waals surface area contributed by atoms with Gasteiger partial charge in [-0.2, -0.15) is 18.3 Å². The third-order valence-corrected chi connectivity index (χ3v) is 1.28. The van der Waals surface area contributed by atoms with Crippen LogP contribution in [-0.4, -0.2) is 10.2 Å². The Morgan fingerprint density at radius 3 is 2.55 bits per heavy atom. The first-order valence-corrected chi connectivity index (χ1v) is 3.07. The minimum atomic E-state index is -4.36. The number of aromatic nitrogens is 2. The topological polar surface area (TPSA) is 28.7 Å². The molecule has 0 fully saturated rings. The third-order valence-electron chi connectivity index (χ3n) is 1.28. The lowest BCUT2D eigenvalue weighted by Gasteiger charge is -2.02. The van der Waals surface area contributed by atoms with Crippen molar-refractivity contribution in [2.45, 2.75) is 19.5 Å². The lowest BCUT2D eigenvalue weighted by atomic mass is 10.2. The second kappa shape index (κ2) is 2.56. The summed E-state index contributed by atoms with van der Waals surface area (Å²) >= 11 is 0. The van der Waals surface area contributed by atoms with Crippen molar-refractivity contribution in [1.82, 2.24) is 10.2 Å². The molecule has 1 heterocycles. The van der Waals surface area contributed by atoms with E-state index in [0.29, 0.717) is 0 Å². The predicted molar refractivity (Wildman–Crippen MR) is 31.8 cm³/mol. The van der Waals surface area contributed by atoms with Crippen molar-refractivity contribution in [2.24, 2.45) is 0 Å². The third kappa shape index (κ3) is 1.53. The molecule has 1 aromatic rings. The summed E-state index contributed by atoms with van der Waals surface area (Å²) in [5, 5.41) is 5.11. The maximum absolute atomic E-state index is 12.0. The maximum atomic E-state index is 12.0. The van der Waals surface area contributed by atoms with Crippen LogP contribution in [0.5, 0.6) is 0 Å². The van der Waals surface area contributed by atoms with Crippen LogP contribution in [0.2, 0.25) is 0 Å². The fraction of sp³-hybridized carbons (Fsp3) is 0.500. The van der Waals surface area contributed by atoms with Gasteiger partial charge in [-0.15, -0.1) is 0 Å². The van der Waals surface area contributed by atoms with Crippen LogP contribution in [0.1, 0.15) is 18.2 Å². The number of H-pyrrole nitrogens is 1. The molecule has 0 aliphatic carbocycles. The van der Waals surface area contributed by atoms with Crippen molar-refractivity contribution in [3.8, 4) is 0 Å². The summed E-state index contributed by atoms with van der Waals surface area (Å²) in [6.45, 7) is 1.62. The number of aryl methyl sites for hydroxylation is 1. The summed E-state index contributed by atoms with van der Waals surface area (Å²) in [7, 11) is 0. The number of halogens is 3. The van der Waals surface area contributed by atoms with Gasteiger partial charge >= 0.3 is 6.18 Å². The van der Waals surface area contributed by atoms with Crippen LogP contribution in [0.4, 0.5) is 13.2 Å². The molecule has 1 rings (SSSR count). The zero-order valence-corrected chi connectivity index (χ0v) is 5.79. The molecule has 0 bridgehead atoms. The first-order chi connectivity index (χ1) is 5.05. The zero-order valence-electron chi connectivity index (χ0n) is 5.79. The molecular weight excluding hydrogens is 157 g/mol. The molecule has 0 aliphatic rings. The van der Waals surface area contributed by atoms with E-state index in [2.05, 4.69) is 16.4 Å². The largest absolute Gasteiger partial charge is 0.435 e.